The Hall–Kier alpha value is -1.18. The fourth-order valence-electron chi connectivity index (χ4n) is 1.90. The first-order valence-corrected chi connectivity index (χ1v) is 7.22. The number of hydrogen-bond donors (Lipinski definition) is 1. The van der Waals surface area contributed by atoms with E-state index in [-0.39, 0.29) is 18.9 Å². The molecule has 6 nitrogen and oxygen atoms in total. The smallest absolute Gasteiger partial charge is 0.228 e. The zero-order chi connectivity index (χ0) is 13.5. The SMILES string of the molecule is Cc1ncc(Cl)cc1N1CC(S(N)(=O)=O)CC1=O. The summed E-state index contributed by atoms with van der Waals surface area (Å²) < 4.78 is 22.5. The van der Waals surface area contributed by atoms with Crippen LogP contribution in [0.15, 0.2) is 12.3 Å². The van der Waals surface area contributed by atoms with Crippen LogP contribution < -0.4 is 10.0 Å². The third-order valence-corrected chi connectivity index (χ3v) is 4.32. The van der Waals surface area contributed by atoms with Crippen molar-refractivity contribution >= 4 is 33.2 Å². The van der Waals surface area contributed by atoms with E-state index in [2.05, 4.69) is 4.98 Å². The normalized spacial score (nSPS) is 20.5. The van der Waals surface area contributed by atoms with Crippen molar-refractivity contribution in [2.24, 2.45) is 5.14 Å². The van der Waals surface area contributed by atoms with Gasteiger partial charge in [-0.3, -0.25) is 9.78 Å². The van der Waals surface area contributed by atoms with Gasteiger partial charge in [-0.2, -0.15) is 0 Å². The van der Waals surface area contributed by atoms with E-state index in [1.54, 1.807) is 13.0 Å². The molecule has 1 atom stereocenters. The highest BCUT2D eigenvalue weighted by molar-refractivity contribution is 7.89. The van der Waals surface area contributed by atoms with Crippen molar-refractivity contribution in [2.75, 3.05) is 11.4 Å². The molecule has 0 aromatic carbocycles. The molecular formula is C10H12ClN3O3S. The molecule has 8 heteroatoms. The van der Waals surface area contributed by atoms with Crippen LogP contribution in [-0.4, -0.2) is 31.1 Å². The Bertz CT molecular complexity index is 602. The minimum Gasteiger partial charge on any atom is -0.309 e. The molecule has 0 aliphatic carbocycles. The summed E-state index contributed by atoms with van der Waals surface area (Å²) in [5.74, 6) is -0.291. The van der Waals surface area contributed by atoms with E-state index in [1.165, 1.54) is 11.1 Å². The Morgan fingerprint density at radius 1 is 1.56 bits per heavy atom. The molecule has 1 aliphatic rings. The van der Waals surface area contributed by atoms with Crippen LogP contribution in [0.4, 0.5) is 5.69 Å². The molecule has 2 N–H and O–H groups in total. The van der Waals surface area contributed by atoms with Crippen LogP contribution in [-0.2, 0) is 14.8 Å². The molecule has 1 aromatic rings. The largest absolute Gasteiger partial charge is 0.309 e. The lowest BCUT2D eigenvalue weighted by atomic mass is 10.3. The Morgan fingerprint density at radius 3 is 2.78 bits per heavy atom. The summed E-state index contributed by atoms with van der Waals surface area (Å²) in [6.07, 6.45) is 1.36. The quantitative estimate of drug-likeness (QED) is 0.855. The maximum atomic E-state index is 11.8. The van der Waals surface area contributed by atoms with Crippen LogP contribution in [0.1, 0.15) is 12.1 Å². The lowest BCUT2D eigenvalue weighted by Gasteiger charge is -2.18. The number of aromatic nitrogens is 1. The van der Waals surface area contributed by atoms with Crippen LogP contribution in [0.25, 0.3) is 0 Å². The number of primary sulfonamides is 1. The van der Waals surface area contributed by atoms with Gasteiger partial charge in [0.15, 0.2) is 0 Å². The maximum absolute atomic E-state index is 11.8. The highest BCUT2D eigenvalue weighted by Crippen LogP contribution is 2.28. The molecule has 1 aliphatic heterocycles. The average molecular weight is 290 g/mol. The van der Waals surface area contributed by atoms with E-state index >= 15 is 0 Å². The fourth-order valence-corrected chi connectivity index (χ4v) is 2.78. The number of aryl methyl sites for hydroxylation is 1. The third-order valence-electron chi connectivity index (χ3n) is 2.87. The summed E-state index contributed by atoms with van der Waals surface area (Å²) in [6.45, 7) is 1.77. The number of anilines is 1. The van der Waals surface area contributed by atoms with Crippen LogP contribution in [0.3, 0.4) is 0 Å². The molecule has 2 heterocycles. The number of sulfonamides is 1. The van der Waals surface area contributed by atoms with E-state index in [1.807, 2.05) is 0 Å². The molecule has 1 unspecified atom stereocenters. The standard InChI is InChI=1S/C10H12ClN3O3S/c1-6-9(2-7(11)4-13-6)14-5-8(3-10(14)15)18(12,16)17/h2,4,8H,3,5H2,1H3,(H2,12,16,17). The van der Waals surface area contributed by atoms with E-state index in [9.17, 15) is 13.2 Å². The highest BCUT2D eigenvalue weighted by Gasteiger charge is 2.37. The molecule has 0 bridgehead atoms. The molecule has 1 aromatic heterocycles. The monoisotopic (exact) mass is 289 g/mol. The first-order chi connectivity index (χ1) is 8.29. The molecule has 98 valence electrons. The molecule has 2 rings (SSSR count). The van der Waals surface area contributed by atoms with Crippen molar-refractivity contribution in [3.8, 4) is 0 Å². The fraction of sp³-hybridized carbons (Fsp3) is 0.400. The molecule has 1 saturated heterocycles. The summed E-state index contributed by atoms with van der Waals surface area (Å²) in [5.41, 5.74) is 1.14. The number of rotatable bonds is 2. The number of hydrogen-bond acceptors (Lipinski definition) is 4. The van der Waals surface area contributed by atoms with Crippen molar-refractivity contribution in [3.05, 3.63) is 23.0 Å². The molecule has 0 radical (unpaired) electrons. The van der Waals surface area contributed by atoms with Crippen LogP contribution >= 0.6 is 11.6 Å². The predicted octanol–water partition coefficient (Wildman–Crippen LogP) is 0.437. The molecule has 0 saturated carbocycles. The Kier molecular flexibility index (Phi) is 3.31. The summed E-state index contributed by atoms with van der Waals surface area (Å²) in [5, 5.41) is 4.58. The molecular weight excluding hydrogens is 278 g/mol. The average Bonchev–Trinajstić information content (AvgIpc) is 2.64. The summed E-state index contributed by atoms with van der Waals surface area (Å²) in [4.78, 5) is 17.2. The van der Waals surface area contributed by atoms with E-state index in [4.69, 9.17) is 16.7 Å². The van der Waals surface area contributed by atoms with Gasteiger partial charge in [0.05, 0.1) is 16.4 Å². The van der Waals surface area contributed by atoms with E-state index in [0.717, 1.165) is 0 Å². The number of nitrogens with zero attached hydrogens (tertiary/aromatic N) is 2. The summed E-state index contributed by atoms with van der Waals surface area (Å²) in [6, 6.07) is 1.59. The van der Waals surface area contributed by atoms with Crippen molar-refractivity contribution in [1.29, 1.82) is 0 Å². The topological polar surface area (TPSA) is 93.4 Å². The van der Waals surface area contributed by atoms with Crippen LogP contribution in [0.2, 0.25) is 5.02 Å². The van der Waals surface area contributed by atoms with Crippen LogP contribution in [0, 0.1) is 6.92 Å². The lowest BCUT2D eigenvalue weighted by Crippen LogP contribution is -2.32. The number of amides is 1. The van der Waals surface area contributed by atoms with Crippen LogP contribution in [0.5, 0.6) is 0 Å². The van der Waals surface area contributed by atoms with Gasteiger partial charge < -0.3 is 4.90 Å². The van der Waals surface area contributed by atoms with Gasteiger partial charge in [0, 0.05) is 19.2 Å². The summed E-state index contributed by atoms with van der Waals surface area (Å²) >= 11 is 5.83. The van der Waals surface area contributed by atoms with Gasteiger partial charge in [0.2, 0.25) is 15.9 Å². The molecule has 0 spiro atoms. The van der Waals surface area contributed by atoms with Gasteiger partial charge in [0.25, 0.3) is 0 Å². The Labute approximate surface area is 110 Å². The van der Waals surface area contributed by atoms with Crippen molar-refractivity contribution in [1.82, 2.24) is 4.98 Å². The second kappa shape index (κ2) is 4.49. The third kappa shape index (κ3) is 2.47. The Balaban J connectivity index is 2.35. The zero-order valence-corrected chi connectivity index (χ0v) is 11.2. The van der Waals surface area contributed by atoms with E-state index < -0.39 is 15.3 Å². The second-order valence-electron chi connectivity index (χ2n) is 4.18. The zero-order valence-electron chi connectivity index (χ0n) is 9.63. The predicted molar refractivity (Wildman–Crippen MR) is 67.8 cm³/mol. The molecule has 1 fully saturated rings. The molecule has 18 heavy (non-hydrogen) atoms. The minimum atomic E-state index is -3.72. The number of pyridine rings is 1. The van der Waals surface area contributed by atoms with Gasteiger partial charge in [0.1, 0.15) is 5.25 Å². The number of nitrogens with two attached hydrogens (primary N) is 1. The second-order valence-corrected chi connectivity index (χ2v) is 6.46. The van der Waals surface area contributed by atoms with Crippen molar-refractivity contribution in [3.63, 3.8) is 0 Å². The number of carbonyl (C=O) groups excluding carboxylic acids is 1. The van der Waals surface area contributed by atoms with Gasteiger partial charge in [-0.1, -0.05) is 11.6 Å². The van der Waals surface area contributed by atoms with Gasteiger partial charge in [-0.25, -0.2) is 13.6 Å². The van der Waals surface area contributed by atoms with E-state index in [0.29, 0.717) is 16.4 Å². The highest BCUT2D eigenvalue weighted by atomic mass is 35.5. The maximum Gasteiger partial charge on any atom is 0.228 e. The Morgan fingerprint density at radius 2 is 2.22 bits per heavy atom. The van der Waals surface area contributed by atoms with Gasteiger partial charge >= 0.3 is 0 Å². The number of carbonyl (C=O) groups is 1. The van der Waals surface area contributed by atoms with Gasteiger partial charge in [-0.15, -0.1) is 0 Å². The van der Waals surface area contributed by atoms with Crippen molar-refractivity contribution < 1.29 is 13.2 Å². The lowest BCUT2D eigenvalue weighted by molar-refractivity contribution is -0.117. The van der Waals surface area contributed by atoms with Crippen molar-refractivity contribution in [2.45, 2.75) is 18.6 Å². The molecule has 1 amide bonds. The minimum absolute atomic E-state index is 0.0422. The number of halogens is 1. The summed E-state index contributed by atoms with van der Waals surface area (Å²) in [7, 11) is -3.72. The first kappa shape index (κ1) is 13.3. The van der Waals surface area contributed by atoms with Gasteiger partial charge in [-0.05, 0) is 13.0 Å². The first-order valence-electron chi connectivity index (χ1n) is 5.23.